The van der Waals surface area contributed by atoms with Crippen LogP contribution in [0.1, 0.15) is 24.5 Å². The average molecular weight is 309 g/mol. The molecule has 114 valence electrons. The molecule has 1 aromatic carbocycles. The van der Waals surface area contributed by atoms with Crippen molar-refractivity contribution in [3.05, 3.63) is 34.9 Å². The average Bonchev–Trinajstić information content (AvgIpc) is 3.01. The van der Waals surface area contributed by atoms with Crippen LogP contribution in [-0.4, -0.2) is 43.6 Å². The molecule has 1 amide bonds. The van der Waals surface area contributed by atoms with Crippen LogP contribution in [0.5, 0.6) is 0 Å². The van der Waals surface area contributed by atoms with Gasteiger partial charge in [0.2, 0.25) is 5.91 Å². The van der Waals surface area contributed by atoms with Gasteiger partial charge >= 0.3 is 0 Å². The lowest BCUT2D eigenvalue weighted by molar-refractivity contribution is -0.139. The van der Waals surface area contributed by atoms with Crippen molar-refractivity contribution in [2.24, 2.45) is 5.92 Å². The number of carbonyl (C=O) groups is 1. The fourth-order valence-corrected chi connectivity index (χ4v) is 3.15. The number of benzene rings is 1. The quantitative estimate of drug-likeness (QED) is 0.931. The Hall–Kier alpha value is -1.10. The van der Waals surface area contributed by atoms with Crippen molar-refractivity contribution in [2.75, 3.05) is 32.8 Å². The van der Waals surface area contributed by atoms with Gasteiger partial charge in [-0.1, -0.05) is 23.7 Å². The summed E-state index contributed by atoms with van der Waals surface area (Å²) in [6.45, 7) is 3.94. The van der Waals surface area contributed by atoms with Gasteiger partial charge in [0.25, 0.3) is 0 Å². The molecule has 2 unspecified atom stereocenters. The van der Waals surface area contributed by atoms with Crippen LogP contribution in [0.25, 0.3) is 0 Å². The Kier molecular flexibility index (Phi) is 4.78. The number of ether oxygens (including phenoxy) is 1. The molecule has 2 atom stereocenters. The third kappa shape index (κ3) is 3.76. The first-order valence-electron chi connectivity index (χ1n) is 7.58. The molecule has 0 saturated carbocycles. The van der Waals surface area contributed by atoms with Crippen molar-refractivity contribution in [1.29, 1.82) is 0 Å². The Labute approximate surface area is 130 Å². The molecule has 21 heavy (non-hydrogen) atoms. The number of morpholine rings is 1. The molecule has 0 aromatic heterocycles. The molecule has 5 heteroatoms. The summed E-state index contributed by atoms with van der Waals surface area (Å²) >= 11 is 5.91. The van der Waals surface area contributed by atoms with Crippen molar-refractivity contribution in [1.82, 2.24) is 10.2 Å². The molecule has 2 heterocycles. The highest BCUT2D eigenvalue weighted by atomic mass is 35.5. The topological polar surface area (TPSA) is 41.6 Å². The number of hydrogen-bond acceptors (Lipinski definition) is 3. The normalized spacial score (nSPS) is 26.0. The van der Waals surface area contributed by atoms with E-state index in [1.54, 1.807) is 0 Å². The first kappa shape index (κ1) is 14.8. The minimum Gasteiger partial charge on any atom is -0.370 e. The van der Waals surface area contributed by atoms with E-state index in [1.165, 1.54) is 0 Å². The summed E-state index contributed by atoms with van der Waals surface area (Å²) in [7, 11) is 0. The Balaban J connectivity index is 1.59. The van der Waals surface area contributed by atoms with Crippen LogP contribution in [0.4, 0.5) is 0 Å². The standard InChI is InChI=1S/C16H21ClN2O2/c17-14-3-1-13(2-4-14)15-11-19(7-8-21-15)16(20)9-12-5-6-18-10-12/h1-4,12,15,18H,5-11H2. The molecule has 1 N–H and O–H groups in total. The maximum atomic E-state index is 12.4. The summed E-state index contributed by atoms with van der Waals surface area (Å²) in [5.74, 6) is 0.750. The van der Waals surface area contributed by atoms with Gasteiger partial charge < -0.3 is 15.0 Å². The van der Waals surface area contributed by atoms with Gasteiger partial charge in [-0.25, -0.2) is 0 Å². The van der Waals surface area contributed by atoms with Gasteiger partial charge in [0.05, 0.1) is 13.2 Å². The first-order valence-corrected chi connectivity index (χ1v) is 7.96. The maximum Gasteiger partial charge on any atom is 0.223 e. The minimum atomic E-state index is -0.0401. The summed E-state index contributed by atoms with van der Waals surface area (Å²) in [6, 6.07) is 7.68. The third-order valence-electron chi connectivity index (χ3n) is 4.29. The van der Waals surface area contributed by atoms with Gasteiger partial charge in [-0.3, -0.25) is 4.79 Å². The van der Waals surface area contributed by atoms with Crippen LogP contribution >= 0.6 is 11.6 Å². The summed E-state index contributed by atoms with van der Waals surface area (Å²) < 4.78 is 5.80. The fourth-order valence-electron chi connectivity index (χ4n) is 3.02. The fraction of sp³-hybridized carbons (Fsp3) is 0.562. The van der Waals surface area contributed by atoms with Gasteiger partial charge in [0.15, 0.2) is 0 Å². The molecule has 0 bridgehead atoms. The second-order valence-electron chi connectivity index (χ2n) is 5.81. The SMILES string of the molecule is O=C(CC1CCNC1)N1CCOC(c2ccc(Cl)cc2)C1. The summed E-state index contributed by atoms with van der Waals surface area (Å²) in [5, 5.41) is 4.03. The zero-order chi connectivity index (χ0) is 14.7. The van der Waals surface area contributed by atoms with E-state index in [-0.39, 0.29) is 12.0 Å². The molecule has 2 fully saturated rings. The van der Waals surface area contributed by atoms with E-state index in [0.29, 0.717) is 32.0 Å². The smallest absolute Gasteiger partial charge is 0.223 e. The van der Waals surface area contributed by atoms with Crippen molar-refractivity contribution in [2.45, 2.75) is 18.9 Å². The number of nitrogens with zero attached hydrogens (tertiary/aromatic N) is 1. The van der Waals surface area contributed by atoms with Crippen molar-refractivity contribution in [3.8, 4) is 0 Å². The Morgan fingerprint density at radius 1 is 1.38 bits per heavy atom. The number of rotatable bonds is 3. The Morgan fingerprint density at radius 2 is 2.19 bits per heavy atom. The first-order chi connectivity index (χ1) is 10.2. The molecule has 2 aliphatic heterocycles. The summed E-state index contributed by atoms with van der Waals surface area (Å²) in [5.41, 5.74) is 1.08. The van der Waals surface area contributed by atoms with Crippen LogP contribution in [0.15, 0.2) is 24.3 Å². The predicted octanol–water partition coefficient (Wildman–Crippen LogP) is 2.24. The second-order valence-corrected chi connectivity index (χ2v) is 6.25. The van der Waals surface area contributed by atoms with Crippen LogP contribution in [0.3, 0.4) is 0 Å². The van der Waals surface area contributed by atoms with Crippen LogP contribution in [0.2, 0.25) is 5.02 Å². The molecule has 1 aromatic rings. The number of nitrogens with one attached hydrogen (secondary N) is 1. The minimum absolute atomic E-state index is 0.0401. The number of carbonyl (C=O) groups excluding carboxylic acids is 1. The van der Waals surface area contributed by atoms with E-state index in [1.807, 2.05) is 29.2 Å². The van der Waals surface area contributed by atoms with Crippen molar-refractivity contribution in [3.63, 3.8) is 0 Å². The highest BCUT2D eigenvalue weighted by Crippen LogP contribution is 2.25. The van der Waals surface area contributed by atoms with Crippen LogP contribution < -0.4 is 5.32 Å². The maximum absolute atomic E-state index is 12.4. The molecule has 0 radical (unpaired) electrons. The third-order valence-corrected chi connectivity index (χ3v) is 4.54. The lowest BCUT2D eigenvalue weighted by atomic mass is 10.0. The van der Waals surface area contributed by atoms with Gasteiger partial charge in [-0.05, 0) is 43.1 Å². The molecule has 2 saturated heterocycles. The van der Waals surface area contributed by atoms with Gasteiger partial charge in [0.1, 0.15) is 6.10 Å². The highest BCUT2D eigenvalue weighted by molar-refractivity contribution is 6.30. The number of halogens is 1. The Morgan fingerprint density at radius 3 is 2.90 bits per heavy atom. The largest absolute Gasteiger partial charge is 0.370 e. The molecule has 4 nitrogen and oxygen atoms in total. The van der Waals surface area contributed by atoms with Gasteiger partial charge in [-0.15, -0.1) is 0 Å². The van der Waals surface area contributed by atoms with Crippen LogP contribution in [-0.2, 0) is 9.53 Å². The van der Waals surface area contributed by atoms with E-state index in [0.717, 1.165) is 30.1 Å². The molecule has 3 rings (SSSR count). The molecular weight excluding hydrogens is 288 g/mol. The van der Waals surface area contributed by atoms with Gasteiger partial charge in [-0.2, -0.15) is 0 Å². The zero-order valence-electron chi connectivity index (χ0n) is 12.1. The van der Waals surface area contributed by atoms with E-state index >= 15 is 0 Å². The van der Waals surface area contributed by atoms with E-state index < -0.39 is 0 Å². The van der Waals surface area contributed by atoms with Crippen LogP contribution in [0, 0.1) is 5.92 Å². The number of hydrogen-bond donors (Lipinski definition) is 1. The van der Waals surface area contributed by atoms with Crippen molar-refractivity contribution < 1.29 is 9.53 Å². The highest BCUT2D eigenvalue weighted by Gasteiger charge is 2.27. The van der Waals surface area contributed by atoms with Crippen molar-refractivity contribution >= 4 is 17.5 Å². The summed E-state index contributed by atoms with van der Waals surface area (Å²) in [6.07, 6.45) is 1.72. The molecule has 0 spiro atoms. The lowest BCUT2D eigenvalue weighted by Gasteiger charge is -2.33. The molecule has 2 aliphatic rings. The number of amides is 1. The monoisotopic (exact) mass is 308 g/mol. The van der Waals surface area contributed by atoms with Gasteiger partial charge in [0, 0.05) is 18.0 Å². The molecular formula is C16H21ClN2O2. The van der Waals surface area contributed by atoms with E-state index in [2.05, 4.69) is 5.32 Å². The second kappa shape index (κ2) is 6.77. The predicted molar refractivity (Wildman–Crippen MR) is 82.3 cm³/mol. The summed E-state index contributed by atoms with van der Waals surface area (Å²) in [4.78, 5) is 14.4. The zero-order valence-corrected chi connectivity index (χ0v) is 12.8. The lowest BCUT2D eigenvalue weighted by Crippen LogP contribution is -2.42. The van der Waals surface area contributed by atoms with E-state index in [4.69, 9.17) is 16.3 Å². The van der Waals surface area contributed by atoms with E-state index in [9.17, 15) is 4.79 Å². The molecule has 0 aliphatic carbocycles. The Bertz CT molecular complexity index is 486.